The topological polar surface area (TPSA) is 147 Å². The summed E-state index contributed by atoms with van der Waals surface area (Å²) in [5.41, 5.74) is -0.127. The number of furan rings is 1. The number of rotatable bonds is 5. The van der Waals surface area contributed by atoms with Crippen LogP contribution >= 0.6 is 11.8 Å². The van der Waals surface area contributed by atoms with Gasteiger partial charge in [-0.15, -0.1) is 0 Å². The van der Waals surface area contributed by atoms with Crippen LogP contribution in [0.3, 0.4) is 0 Å². The van der Waals surface area contributed by atoms with Gasteiger partial charge in [-0.1, -0.05) is 11.8 Å². The van der Waals surface area contributed by atoms with Crippen molar-refractivity contribution in [1.29, 1.82) is 0 Å². The van der Waals surface area contributed by atoms with E-state index in [0.29, 0.717) is 10.9 Å². The molecule has 4 unspecified atom stereocenters. The quantitative estimate of drug-likeness (QED) is 0.343. The number of hydrogen-bond donors (Lipinski definition) is 4. The van der Waals surface area contributed by atoms with E-state index in [2.05, 4.69) is 15.0 Å². The average molecular weight is 380 g/mol. The lowest BCUT2D eigenvalue weighted by Gasteiger charge is -2.16. The lowest BCUT2D eigenvalue weighted by Crippen LogP contribution is -2.33. The smallest absolute Gasteiger partial charge is 0.279 e. The number of hydrogen-bond acceptors (Lipinski definition) is 9. The van der Waals surface area contributed by atoms with Crippen LogP contribution in [-0.4, -0.2) is 59.8 Å². The van der Waals surface area contributed by atoms with Crippen molar-refractivity contribution in [3.63, 3.8) is 0 Å². The highest BCUT2D eigenvalue weighted by molar-refractivity contribution is 7.98. The molecular formula is C15H16N4O6S. The summed E-state index contributed by atoms with van der Waals surface area (Å²) < 4.78 is 12.1. The predicted molar refractivity (Wildman–Crippen MR) is 89.4 cm³/mol. The molecule has 0 aliphatic carbocycles. The van der Waals surface area contributed by atoms with Crippen molar-refractivity contribution in [2.75, 3.05) is 6.61 Å². The number of aliphatic hydroxyl groups is 3. The van der Waals surface area contributed by atoms with Crippen molar-refractivity contribution in [3.8, 4) is 0 Å². The molecule has 4 N–H and O–H groups in total. The fourth-order valence-electron chi connectivity index (χ4n) is 2.80. The highest BCUT2D eigenvalue weighted by Crippen LogP contribution is 2.31. The molecule has 0 amide bonds. The summed E-state index contributed by atoms with van der Waals surface area (Å²) >= 11 is 1.27. The SMILES string of the molecule is O=c1[nH]c(SCc2ccco2)nc2c1ncn2C1OC(CO)C(O)C1O. The maximum Gasteiger partial charge on any atom is 0.279 e. The van der Waals surface area contributed by atoms with E-state index >= 15 is 0 Å². The molecule has 0 radical (unpaired) electrons. The Morgan fingerprint density at radius 2 is 2.19 bits per heavy atom. The minimum absolute atomic E-state index is 0.0880. The second kappa shape index (κ2) is 6.85. The predicted octanol–water partition coefficient (Wildman–Crippen LogP) is -0.384. The molecule has 4 rings (SSSR count). The first-order valence-corrected chi connectivity index (χ1v) is 8.81. The maximum atomic E-state index is 12.3. The average Bonchev–Trinajstić information content (AvgIpc) is 3.34. The number of nitrogens with zero attached hydrogens (tertiary/aromatic N) is 3. The van der Waals surface area contributed by atoms with Gasteiger partial charge < -0.3 is 24.5 Å². The third-order valence-electron chi connectivity index (χ3n) is 4.13. The lowest BCUT2D eigenvalue weighted by molar-refractivity contribution is -0.0511. The molecule has 3 aromatic heterocycles. The monoisotopic (exact) mass is 380 g/mol. The first kappa shape index (κ1) is 17.2. The Morgan fingerprint density at radius 3 is 2.88 bits per heavy atom. The molecule has 1 saturated heterocycles. The van der Waals surface area contributed by atoms with Gasteiger partial charge in [-0.3, -0.25) is 14.3 Å². The summed E-state index contributed by atoms with van der Waals surface area (Å²) in [6.07, 6.45) is -1.60. The van der Waals surface area contributed by atoms with Crippen LogP contribution in [0.5, 0.6) is 0 Å². The van der Waals surface area contributed by atoms with Gasteiger partial charge >= 0.3 is 0 Å². The van der Waals surface area contributed by atoms with Crippen LogP contribution in [0.15, 0.2) is 39.1 Å². The molecule has 1 aliphatic heterocycles. The Labute approximate surface area is 150 Å². The number of aromatic nitrogens is 4. The number of fused-ring (bicyclic) bond motifs is 1. The standard InChI is InChI=1S/C15H16N4O6S/c20-4-8-10(21)11(22)14(25-8)19-6-16-9-12(19)17-15(18-13(9)23)26-5-7-2-1-3-24-7/h1-3,6,8,10-11,14,20-22H,4-5H2,(H,17,18,23). The number of imidazole rings is 1. The van der Waals surface area contributed by atoms with Gasteiger partial charge in [-0.25, -0.2) is 9.97 Å². The number of ether oxygens (including phenoxy) is 1. The highest BCUT2D eigenvalue weighted by atomic mass is 32.2. The molecule has 11 heteroatoms. The largest absolute Gasteiger partial charge is 0.468 e. The van der Waals surface area contributed by atoms with Crippen molar-refractivity contribution in [2.24, 2.45) is 0 Å². The molecule has 1 fully saturated rings. The number of H-pyrrole nitrogens is 1. The lowest BCUT2D eigenvalue weighted by atomic mass is 10.1. The third-order valence-corrected chi connectivity index (χ3v) is 5.03. The van der Waals surface area contributed by atoms with Gasteiger partial charge in [0.25, 0.3) is 5.56 Å². The molecule has 138 valence electrons. The Hall–Kier alpha value is -2.18. The Balaban J connectivity index is 1.67. The van der Waals surface area contributed by atoms with Crippen LogP contribution in [0.4, 0.5) is 0 Å². The first-order chi connectivity index (χ1) is 12.6. The summed E-state index contributed by atoms with van der Waals surface area (Å²) in [6, 6.07) is 3.58. The summed E-state index contributed by atoms with van der Waals surface area (Å²) in [5, 5.41) is 29.7. The van der Waals surface area contributed by atoms with Gasteiger partial charge in [0, 0.05) is 0 Å². The molecule has 3 aromatic rings. The van der Waals surface area contributed by atoms with E-state index in [1.165, 1.54) is 22.7 Å². The van der Waals surface area contributed by atoms with Crippen molar-refractivity contribution >= 4 is 22.9 Å². The van der Waals surface area contributed by atoms with Crippen molar-refractivity contribution in [1.82, 2.24) is 19.5 Å². The third kappa shape index (κ3) is 2.93. The van der Waals surface area contributed by atoms with Crippen LogP contribution < -0.4 is 5.56 Å². The zero-order chi connectivity index (χ0) is 18.3. The molecule has 26 heavy (non-hydrogen) atoms. The summed E-state index contributed by atoms with van der Waals surface area (Å²) in [6.45, 7) is -0.445. The number of aromatic amines is 1. The van der Waals surface area contributed by atoms with Gasteiger partial charge in [0.1, 0.15) is 24.1 Å². The first-order valence-electron chi connectivity index (χ1n) is 7.83. The van der Waals surface area contributed by atoms with E-state index in [9.17, 15) is 20.1 Å². The minimum Gasteiger partial charge on any atom is -0.468 e. The fourth-order valence-corrected chi connectivity index (χ4v) is 3.56. The molecule has 0 saturated carbocycles. The van der Waals surface area contributed by atoms with Crippen molar-refractivity contribution in [2.45, 2.75) is 35.4 Å². The van der Waals surface area contributed by atoms with Crippen molar-refractivity contribution in [3.05, 3.63) is 40.8 Å². The highest BCUT2D eigenvalue weighted by Gasteiger charge is 2.44. The molecule has 0 bridgehead atoms. The number of aliphatic hydroxyl groups excluding tert-OH is 3. The minimum atomic E-state index is -1.29. The molecule has 10 nitrogen and oxygen atoms in total. The van der Waals surface area contributed by atoms with Gasteiger partial charge in [0.2, 0.25) is 0 Å². The molecule has 0 spiro atoms. The molecule has 1 aliphatic rings. The van der Waals surface area contributed by atoms with Crippen molar-refractivity contribution < 1.29 is 24.5 Å². The molecular weight excluding hydrogens is 364 g/mol. The van der Waals surface area contributed by atoms with E-state index in [0.717, 1.165) is 5.76 Å². The number of thioether (sulfide) groups is 1. The van der Waals surface area contributed by atoms with E-state index in [1.807, 2.05) is 6.07 Å². The van der Waals surface area contributed by atoms with Crippen LogP contribution in [0.1, 0.15) is 12.0 Å². The number of nitrogens with one attached hydrogen (secondary N) is 1. The Kier molecular flexibility index (Phi) is 4.54. The van der Waals surface area contributed by atoms with Crippen LogP contribution in [0.2, 0.25) is 0 Å². The van der Waals surface area contributed by atoms with Gasteiger partial charge in [0.05, 0.1) is 25.0 Å². The molecule has 4 heterocycles. The van der Waals surface area contributed by atoms with Crippen LogP contribution in [0, 0.1) is 0 Å². The zero-order valence-corrected chi connectivity index (χ0v) is 14.2. The van der Waals surface area contributed by atoms with E-state index < -0.39 is 36.7 Å². The summed E-state index contributed by atoms with van der Waals surface area (Å²) in [7, 11) is 0. The normalized spacial score (nSPS) is 26.0. The Bertz CT molecular complexity index is 955. The summed E-state index contributed by atoms with van der Waals surface area (Å²) in [5.74, 6) is 1.21. The maximum absolute atomic E-state index is 12.3. The second-order valence-electron chi connectivity index (χ2n) is 5.79. The molecule has 0 aromatic carbocycles. The molecule has 4 atom stereocenters. The van der Waals surface area contributed by atoms with E-state index in [4.69, 9.17) is 9.15 Å². The van der Waals surface area contributed by atoms with Crippen LogP contribution in [-0.2, 0) is 10.5 Å². The van der Waals surface area contributed by atoms with Gasteiger partial charge in [-0.2, -0.15) is 0 Å². The Morgan fingerprint density at radius 1 is 1.35 bits per heavy atom. The second-order valence-corrected chi connectivity index (χ2v) is 6.76. The summed E-state index contributed by atoms with van der Waals surface area (Å²) in [4.78, 5) is 23.3. The van der Waals surface area contributed by atoms with Gasteiger partial charge in [0.15, 0.2) is 22.5 Å². The van der Waals surface area contributed by atoms with Crippen LogP contribution in [0.25, 0.3) is 11.2 Å². The zero-order valence-electron chi connectivity index (χ0n) is 13.3. The van der Waals surface area contributed by atoms with Gasteiger partial charge in [-0.05, 0) is 12.1 Å². The van der Waals surface area contributed by atoms with E-state index in [-0.39, 0.29) is 11.2 Å². The van der Waals surface area contributed by atoms with E-state index in [1.54, 1.807) is 12.3 Å². The fraction of sp³-hybridized carbons (Fsp3) is 0.400.